The van der Waals surface area contributed by atoms with Gasteiger partial charge in [0.25, 0.3) is 11.8 Å². The van der Waals surface area contributed by atoms with E-state index >= 15 is 0 Å². The average molecular weight is 420 g/mol. The van der Waals surface area contributed by atoms with Crippen molar-refractivity contribution < 1.29 is 27.5 Å². The Hall–Kier alpha value is -3.03. The van der Waals surface area contributed by atoms with Crippen molar-refractivity contribution >= 4 is 17.5 Å². The van der Waals surface area contributed by atoms with Gasteiger partial charge in [-0.2, -0.15) is 13.2 Å². The summed E-state index contributed by atoms with van der Waals surface area (Å²) in [6.07, 6.45) is -4.49. The number of nitrogens with one attached hydrogen (secondary N) is 1. The van der Waals surface area contributed by atoms with Crippen LogP contribution in [-0.2, 0) is 17.5 Å². The molecule has 2 aromatic carbocycles. The topological polar surface area (TPSA) is 58.6 Å². The van der Waals surface area contributed by atoms with E-state index in [0.29, 0.717) is 24.4 Å². The van der Waals surface area contributed by atoms with E-state index in [0.717, 1.165) is 29.8 Å². The lowest BCUT2D eigenvalue weighted by atomic mass is 10.1. The summed E-state index contributed by atoms with van der Waals surface area (Å²) < 4.78 is 43.9. The minimum Gasteiger partial charge on any atom is -0.480 e. The van der Waals surface area contributed by atoms with E-state index in [2.05, 4.69) is 5.32 Å². The zero-order valence-electron chi connectivity index (χ0n) is 16.9. The van der Waals surface area contributed by atoms with Crippen LogP contribution >= 0.6 is 0 Å². The minimum absolute atomic E-state index is 0.0218. The summed E-state index contributed by atoms with van der Waals surface area (Å²) in [5.74, 6) is -0.0358. The standard InChI is InChI=1S/C22H23F3N2O3/c1-4-18-21(29)27(13(2)3)12-15-11-17(9-10-19(15)30-18)26-20(28)14-5-7-16(8-6-14)22(23,24)25/h5-11,13,18H,4,12H2,1-3H3,(H,26,28). The molecule has 5 nitrogen and oxygen atoms in total. The van der Waals surface area contributed by atoms with Crippen LogP contribution in [0.15, 0.2) is 42.5 Å². The Balaban J connectivity index is 1.81. The van der Waals surface area contributed by atoms with Crippen LogP contribution in [0.2, 0.25) is 0 Å². The molecule has 0 fully saturated rings. The van der Waals surface area contributed by atoms with E-state index in [9.17, 15) is 22.8 Å². The van der Waals surface area contributed by atoms with Gasteiger partial charge in [0.15, 0.2) is 6.10 Å². The number of ether oxygens (including phenoxy) is 1. The number of benzene rings is 2. The van der Waals surface area contributed by atoms with Crippen molar-refractivity contribution in [2.45, 2.75) is 52.1 Å². The fourth-order valence-corrected chi connectivity index (χ4v) is 3.25. The predicted molar refractivity (Wildman–Crippen MR) is 106 cm³/mol. The lowest BCUT2D eigenvalue weighted by Gasteiger charge is -2.27. The van der Waals surface area contributed by atoms with E-state index in [1.165, 1.54) is 0 Å². The van der Waals surface area contributed by atoms with Gasteiger partial charge in [-0.3, -0.25) is 9.59 Å². The Morgan fingerprint density at radius 2 is 1.87 bits per heavy atom. The number of fused-ring (bicyclic) bond motifs is 1. The molecule has 0 saturated carbocycles. The molecule has 1 N–H and O–H groups in total. The van der Waals surface area contributed by atoms with Gasteiger partial charge in [-0.1, -0.05) is 6.92 Å². The smallest absolute Gasteiger partial charge is 0.416 e. The third kappa shape index (κ3) is 4.58. The van der Waals surface area contributed by atoms with Gasteiger partial charge in [0.05, 0.1) is 5.56 Å². The van der Waals surface area contributed by atoms with Crippen LogP contribution in [0.1, 0.15) is 48.7 Å². The zero-order valence-corrected chi connectivity index (χ0v) is 16.9. The maximum atomic E-state index is 12.7. The Bertz CT molecular complexity index is 940. The highest BCUT2D eigenvalue weighted by atomic mass is 19.4. The molecule has 1 unspecified atom stereocenters. The van der Waals surface area contributed by atoms with Crippen molar-refractivity contribution in [3.8, 4) is 5.75 Å². The molecule has 1 aliphatic rings. The summed E-state index contributed by atoms with van der Waals surface area (Å²) in [5.41, 5.74) is 0.510. The van der Waals surface area contributed by atoms with E-state index in [-0.39, 0.29) is 17.5 Å². The summed E-state index contributed by atoms with van der Waals surface area (Å²) in [6.45, 7) is 6.06. The van der Waals surface area contributed by atoms with Crippen LogP contribution in [0.25, 0.3) is 0 Å². The summed E-state index contributed by atoms with van der Waals surface area (Å²) in [4.78, 5) is 26.9. The fourth-order valence-electron chi connectivity index (χ4n) is 3.25. The third-order valence-electron chi connectivity index (χ3n) is 4.96. The summed E-state index contributed by atoms with van der Waals surface area (Å²) in [5, 5.41) is 2.69. The lowest BCUT2D eigenvalue weighted by molar-refractivity contribution is -0.140. The van der Waals surface area contributed by atoms with Crippen molar-refractivity contribution in [3.63, 3.8) is 0 Å². The third-order valence-corrected chi connectivity index (χ3v) is 4.96. The SMILES string of the molecule is CCC1Oc2ccc(NC(=O)c3ccc(C(F)(F)F)cc3)cc2CN(C(C)C)C1=O. The van der Waals surface area contributed by atoms with Gasteiger partial charge in [-0.05, 0) is 62.7 Å². The van der Waals surface area contributed by atoms with Crippen molar-refractivity contribution in [2.24, 2.45) is 0 Å². The van der Waals surface area contributed by atoms with Crippen molar-refractivity contribution in [2.75, 3.05) is 5.32 Å². The first-order valence-corrected chi connectivity index (χ1v) is 9.68. The maximum Gasteiger partial charge on any atom is 0.416 e. The Morgan fingerprint density at radius 3 is 2.43 bits per heavy atom. The van der Waals surface area contributed by atoms with Gasteiger partial charge in [0, 0.05) is 29.4 Å². The van der Waals surface area contributed by atoms with Crippen LogP contribution in [0, 0.1) is 0 Å². The quantitative estimate of drug-likeness (QED) is 0.768. The number of carbonyl (C=O) groups excluding carboxylic acids is 2. The van der Waals surface area contributed by atoms with Gasteiger partial charge in [-0.15, -0.1) is 0 Å². The molecule has 3 rings (SSSR count). The first kappa shape index (κ1) is 21.7. The van der Waals surface area contributed by atoms with Crippen LogP contribution in [-0.4, -0.2) is 28.9 Å². The van der Waals surface area contributed by atoms with Gasteiger partial charge >= 0.3 is 6.18 Å². The number of anilines is 1. The molecule has 0 bridgehead atoms. The molecule has 30 heavy (non-hydrogen) atoms. The molecule has 1 aliphatic heterocycles. The number of alkyl halides is 3. The summed E-state index contributed by atoms with van der Waals surface area (Å²) >= 11 is 0. The fraction of sp³-hybridized carbons (Fsp3) is 0.364. The molecular formula is C22H23F3N2O3. The Kier molecular flexibility index (Phi) is 6.05. The van der Waals surface area contributed by atoms with Crippen LogP contribution < -0.4 is 10.1 Å². The van der Waals surface area contributed by atoms with Crippen molar-refractivity contribution in [1.29, 1.82) is 0 Å². The highest BCUT2D eigenvalue weighted by Crippen LogP contribution is 2.31. The monoisotopic (exact) mass is 420 g/mol. The van der Waals surface area contributed by atoms with E-state index in [1.54, 1.807) is 23.1 Å². The van der Waals surface area contributed by atoms with Crippen LogP contribution in [0.4, 0.5) is 18.9 Å². The molecule has 0 spiro atoms. The highest BCUT2D eigenvalue weighted by molar-refractivity contribution is 6.04. The molecular weight excluding hydrogens is 397 g/mol. The number of hydrogen-bond acceptors (Lipinski definition) is 3. The molecule has 2 amide bonds. The largest absolute Gasteiger partial charge is 0.480 e. The Labute approximate surface area is 172 Å². The molecule has 2 aromatic rings. The number of amides is 2. The van der Waals surface area contributed by atoms with Crippen molar-refractivity contribution in [1.82, 2.24) is 4.90 Å². The van der Waals surface area contributed by atoms with E-state index < -0.39 is 23.8 Å². The lowest BCUT2D eigenvalue weighted by Crippen LogP contribution is -2.42. The predicted octanol–water partition coefficient (Wildman–Crippen LogP) is 4.87. The first-order valence-electron chi connectivity index (χ1n) is 9.68. The van der Waals surface area contributed by atoms with E-state index in [1.807, 2.05) is 20.8 Å². The number of hydrogen-bond donors (Lipinski definition) is 1. The van der Waals surface area contributed by atoms with Gasteiger partial charge < -0.3 is 15.0 Å². The maximum absolute atomic E-state index is 12.7. The average Bonchev–Trinajstić information content (AvgIpc) is 2.83. The molecule has 0 radical (unpaired) electrons. The summed E-state index contributed by atoms with van der Waals surface area (Å²) in [6, 6.07) is 9.05. The molecule has 1 heterocycles. The van der Waals surface area contributed by atoms with Gasteiger partial charge in [0.1, 0.15) is 5.75 Å². The second-order valence-electron chi connectivity index (χ2n) is 7.43. The molecule has 8 heteroatoms. The Morgan fingerprint density at radius 1 is 1.20 bits per heavy atom. The molecule has 0 aromatic heterocycles. The first-order chi connectivity index (χ1) is 14.1. The molecule has 1 atom stereocenters. The van der Waals surface area contributed by atoms with Crippen LogP contribution in [0.5, 0.6) is 5.75 Å². The minimum atomic E-state index is -4.46. The molecule has 0 aliphatic carbocycles. The number of carbonyl (C=O) groups is 2. The van der Waals surface area contributed by atoms with Crippen molar-refractivity contribution in [3.05, 3.63) is 59.2 Å². The van der Waals surface area contributed by atoms with Crippen LogP contribution in [0.3, 0.4) is 0 Å². The van der Waals surface area contributed by atoms with Gasteiger partial charge in [-0.25, -0.2) is 0 Å². The zero-order chi connectivity index (χ0) is 22.1. The summed E-state index contributed by atoms with van der Waals surface area (Å²) in [7, 11) is 0. The van der Waals surface area contributed by atoms with E-state index in [4.69, 9.17) is 4.74 Å². The highest BCUT2D eigenvalue weighted by Gasteiger charge is 2.32. The number of nitrogens with zero attached hydrogens (tertiary/aromatic N) is 1. The second kappa shape index (κ2) is 8.38. The number of halogens is 3. The van der Waals surface area contributed by atoms with Gasteiger partial charge in [0.2, 0.25) is 0 Å². The molecule has 0 saturated heterocycles. The second-order valence-corrected chi connectivity index (χ2v) is 7.43. The normalized spacial score (nSPS) is 16.7. The molecule has 160 valence electrons. The number of rotatable bonds is 4.